The number of para-hydroxylation sites is 1. The summed E-state index contributed by atoms with van der Waals surface area (Å²) in [6.07, 6.45) is 1.43. The van der Waals surface area contributed by atoms with E-state index in [0.717, 1.165) is 16.9 Å². The molecule has 0 fully saturated rings. The summed E-state index contributed by atoms with van der Waals surface area (Å²) in [7, 11) is 0. The van der Waals surface area contributed by atoms with Crippen LogP contribution in [0.1, 0.15) is 42.8 Å². The van der Waals surface area contributed by atoms with Crippen molar-refractivity contribution in [1.29, 1.82) is 0 Å². The van der Waals surface area contributed by atoms with Gasteiger partial charge in [-0.25, -0.2) is 4.98 Å². The van der Waals surface area contributed by atoms with Crippen molar-refractivity contribution in [2.24, 2.45) is 0 Å². The zero-order valence-electron chi connectivity index (χ0n) is 18.6. The zero-order valence-corrected chi connectivity index (χ0v) is 18.6. The summed E-state index contributed by atoms with van der Waals surface area (Å²) < 4.78 is 5.54. The molecule has 1 aromatic heterocycles. The summed E-state index contributed by atoms with van der Waals surface area (Å²) >= 11 is 0. The van der Waals surface area contributed by atoms with Crippen molar-refractivity contribution in [3.8, 4) is 5.75 Å². The topological polar surface area (TPSA) is 84.1 Å². The number of hydrogen-bond acceptors (Lipinski definition) is 4. The lowest BCUT2D eigenvalue weighted by atomic mass is 9.98. The Bertz CT molecular complexity index is 1270. The van der Waals surface area contributed by atoms with E-state index in [1.54, 1.807) is 6.07 Å². The normalized spacial score (nSPS) is 11.8. The van der Waals surface area contributed by atoms with Crippen LogP contribution in [0.5, 0.6) is 5.75 Å². The predicted molar refractivity (Wildman–Crippen MR) is 129 cm³/mol. The van der Waals surface area contributed by atoms with Crippen LogP contribution >= 0.6 is 0 Å². The quantitative estimate of drug-likeness (QED) is 0.399. The number of aryl methyl sites for hydroxylation is 1. The molecular formula is C27H27N3O3. The van der Waals surface area contributed by atoms with Gasteiger partial charge in [0.15, 0.2) is 0 Å². The number of hydrogen-bond donors (Lipinski definition) is 2. The smallest absolute Gasteiger partial charge is 0.258 e. The summed E-state index contributed by atoms with van der Waals surface area (Å²) in [6.45, 7) is 2.56. The van der Waals surface area contributed by atoms with Gasteiger partial charge in [0.25, 0.3) is 5.56 Å². The van der Waals surface area contributed by atoms with E-state index in [1.165, 1.54) is 0 Å². The van der Waals surface area contributed by atoms with E-state index in [2.05, 4.69) is 15.3 Å². The number of ether oxygens (including phenoxy) is 1. The van der Waals surface area contributed by atoms with Crippen LogP contribution in [0.2, 0.25) is 0 Å². The number of nitrogens with one attached hydrogen (secondary N) is 2. The van der Waals surface area contributed by atoms with Gasteiger partial charge in [0.1, 0.15) is 11.6 Å². The van der Waals surface area contributed by atoms with Crippen LogP contribution in [0.4, 0.5) is 0 Å². The Hall–Kier alpha value is -3.93. The molecule has 0 saturated carbocycles. The number of amides is 1. The van der Waals surface area contributed by atoms with E-state index in [1.807, 2.05) is 79.7 Å². The monoisotopic (exact) mass is 441 g/mol. The van der Waals surface area contributed by atoms with Crippen LogP contribution in [-0.2, 0) is 11.2 Å². The van der Waals surface area contributed by atoms with E-state index in [-0.39, 0.29) is 17.5 Å². The Balaban J connectivity index is 1.42. The average molecular weight is 442 g/mol. The van der Waals surface area contributed by atoms with Crippen LogP contribution in [0.25, 0.3) is 10.9 Å². The molecule has 0 bridgehead atoms. The molecule has 0 radical (unpaired) electrons. The number of fused-ring (bicyclic) bond motifs is 1. The van der Waals surface area contributed by atoms with Gasteiger partial charge in [-0.3, -0.25) is 9.59 Å². The van der Waals surface area contributed by atoms with Crippen LogP contribution in [0.15, 0.2) is 83.7 Å². The molecule has 0 aliphatic carbocycles. The third-order valence-corrected chi connectivity index (χ3v) is 5.44. The van der Waals surface area contributed by atoms with E-state index in [9.17, 15) is 9.59 Å². The molecule has 0 aliphatic rings. The van der Waals surface area contributed by atoms with Crippen molar-refractivity contribution < 1.29 is 9.53 Å². The second-order valence-corrected chi connectivity index (χ2v) is 7.80. The number of carbonyl (C=O) groups excluding carboxylic acids is 1. The number of nitrogens with zero attached hydrogens (tertiary/aromatic N) is 1. The van der Waals surface area contributed by atoms with Crippen molar-refractivity contribution in [2.75, 3.05) is 6.61 Å². The Kier molecular flexibility index (Phi) is 7.15. The maximum Gasteiger partial charge on any atom is 0.258 e. The first-order valence-corrected chi connectivity index (χ1v) is 11.2. The highest BCUT2D eigenvalue weighted by Gasteiger charge is 2.17. The van der Waals surface area contributed by atoms with Crippen molar-refractivity contribution in [3.05, 3.63) is 106 Å². The van der Waals surface area contributed by atoms with Crippen molar-refractivity contribution in [3.63, 3.8) is 0 Å². The molecule has 168 valence electrons. The van der Waals surface area contributed by atoms with E-state index in [0.29, 0.717) is 42.6 Å². The number of rotatable bonds is 9. The van der Waals surface area contributed by atoms with Gasteiger partial charge in [0.05, 0.1) is 23.6 Å². The first-order chi connectivity index (χ1) is 16.1. The van der Waals surface area contributed by atoms with E-state index in [4.69, 9.17) is 4.74 Å². The molecule has 0 saturated heterocycles. The molecule has 0 aliphatic heterocycles. The third kappa shape index (κ3) is 5.66. The lowest BCUT2D eigenvalue weighted by Gasteiger charge is -2.20. The van der Waals surface area contributed by atoms with Crippen LogP contribution in [0, 0.1) is 0 Å². The molecule has 1 amide bonds. The number of carbonyl (C=O) groups is 1. The summed E-state index contributed by atoms with van der Waals surface area (Å²) in [5.74, 6) is 1.34. The molecular weight excluding hydrogens is 414 g/mol. The Morgan fingerprint density at radius 3 is 2.42 bits per heavy atom. The Morgan fingerprint density at radius 2 is 1.67 bits per heavy atom. The van der Waals surface area contributed by atoms with Gasteiger partial charge in [0.2, 0.25) is 5.91 Å². The van der Waals surface area contributed by atoms with Crippen molar-refractivity contribution in [1.82, 2.24) is 15.3 Å². The summed E-state index contributed by atoms with van der Waals surface area (Å²) in [4.78, 5) is 32.4. The largest absolute Gasteiger partial charge is 0.494 e. The van der Waals surface area contributed by atoms with Gasteiger partial charge >= 0.3 is 0 Å². The van der Waals surface area contributed by atoms with E-state index >= 15 is 0 Å². The van der Waals surface area contributed by atoms with E-state index < -0.39 is 0 Å². The first-order valence-electron chi connectivity index (χ1n) is 11.2. The minimum absolute atomic E-state index is 0.0547. The molecule has 6 heteroatoms. The highest BCUT2D eigenvalue weighted by Crippen LogP contribution is 2.24. The lowest BCUT2D eigenvalue weighted by molar-refractivity contribution is -0.121. The predicted octanol–water partition coefficient (Wildman–Crippen LogP) is 4.55. The third-order valence-electron chi connectivity index (χ3n) is 5.44. The minimum Gasteiger partial charge on any atom is -0.494 e. The second kappa shape index (κ2) is 10.6. The number of benzene rings is 3. The maximum atomic E-state index is 12.8. The fourth-order valence-corrected chi connectivity index (χ4v) is 3.83. The molecule has 6 nitrogen and oxygen atoms in total. The van der Waals surface area contributed by atoms with Gasteiger partial charge in [-0.15, -0.1) is 0 Å². The zero-order chi connectivity index (χ0) is 23.0. The molecule has 33 heavy (non-hydrogen) atoms. The number of aromatic nitrogens is 2. The van der Waals surface area contributed by atoms with Crippen molar-refractivity contribution >= 4 is 16.8 Å². The SMILES string of the molecule is CCOc1ccc(C(NC(=O)CCCc2nc3ccccc3c(=O)[nH]2)c2ccccc2)cc1. The average Bonchev–Trinajstić information content (AvgIpc) is 2.84. The van der Waals surface area contributed by atoms with Gasteiger partial charge in [-0.05, 0) is 48.7 Å². The minimum atomic E-state index is -0.257. The summed E-state index contributed by atoms with van der Waals surface area (Å²) in [6, 6.07) is 24.7. The van der Waals surface area contributed by atoms with Crippen molar-refractivity contribution in [2.45, 2.75) is 32.2 Å². The van der Waals surface area contributed by atoms with Gasteiger partial charge in [-0.1, -0.05) is 54.6 Å². The van der Waals surface area contributed by atoms with Gasteiger partial charge < -0.3 is 15.0 Å². The number of aromatic amines is 1. The molecule has 1 unspecified atom stereocenters. The Labute approximate surface area is 192 Å². The number of H-pyrrole nitrogens is 1. The maximum absolute atomic E-state index is 12.8. The standard InChI is InChI=1S/C27H27N3O3/c1-2-33-21-17-15-20(16-18-21)26(19-9-4-3-5-10-19)30-25(31)14-8-13-24-28-23-12-7-6-11-22(23)27(32)29-24/h3-7,9-12,15-18,26H,2,8,13-14H2,1H3,(H,30,31)(H,28,29,32). The molecule has 1 heterocycles. The van der Waals surface area contributed by atoms with Crippen LogP contribution in [-0.4, -0.2) is 22.5 Å². The summed E-state index contributed by atoms with van der Waals surface area (Å²) in [5.41, 5.74) is 2.51. The molecule has 2 N–H and O–H groups in total. The molecule has 1 atom stereocenters. The molecule has 4 aromatic rings. The van der Waals surface area contributed by atoms with Gasteiger partial charge in [0, 0.05) is 12.8 Å². The Morgan fingerprint density at radius 1 is 0.970 bits per heavy atom. The summed E-state index contributed by atoms with van der Waals surface area (Å²) in [5, 5.41) is 3.73. The molecule has 3 aromatic carbocycles. The molecule has 0 spiro atoms. The van der Waals surface area contributed by atoms with Crippen LogP contribution in [0.3, 0.4) is 0 Å². The molecule has 4 rings (SSSR count). The fraction of sp³-hybridized carbons (Fsp3) is 0.222. The lowest BCUT2D eigenvalue weighted by Crippen LogP contribution is -2.29. The highest BCUT2D eigenvalue weighted by molar-refractivity contribution is 5.77. The van der Waals surface area contributed by atoms with Gasteiger partial charge in [-0.2, -0.15) is 0 Å². The second-order valence-electron chi connectivity index (χ2n) is 7.80. The highest BCUT2D eigenvalue weighted by atomic mass is 16.5. The fourth-order valence-electron chi connectivity index (χ4n) is 3.83. The first kappa shape index (κ1) is 22.3. The van der Waals surface area contributed by atoms with Crippen LogP contribution < -0.4 is 15.6 Å².